The summed E-state index contributed by atoms with van der Waals surface area (Å²) in [5.41, 5.74) is 6.47. The van der Waals surface area contributed by atoms with Gasteiger partial charge in [0.2, 0.25) is 0 Å². The van der Waals surface area contributed by atoms with E-state index in [-0.39, 0.29) is 18.0 Å². The van der Waals surface area contributed by atoms with Gasteiger partial charge in [-0.25, -0.2) is 0 Å². The minimum absolute atomic E-state index is 0.0577. The number of Topliss-reactive ketones (excluding diaryl/α,β-unsaturated/α-hetero) is 2. The van der Waals surface area contributed by atoms with Gasteiger partial charge in [-0.1, -0.05) is 12.2 Å². The highest BCUT2D eigenvalue weighted by Gasteiger charge is 2.41. The summed E-state index contributed by atoms with van der Waals surface area (Å²) in [6.07, 6.45) is 7.49. The standard InChI is InChI=1S/C22H25N3O3/c1-23(2)8-9-24-11-15-18(27)10-19(28)21-20-14-4-3-5-17(26)13(14)6-7-16(20)25(12-24)22(15)21/h3,5,11,17,26H,4,6-10,12H2,1-2H3. The van der Waals surface area contributed by atoms with Crippen LogP contribution in [0.25, 0.3) is 11.1 Å². The van der Waals surface area contributed by atoms with Gasteiger partial charge in [0, 0.05) is 30.5 Å². The van der Waals surface area contributed by atoms with Crippen LogP contribution in [0, 0.1) is 0 Å². The second-order valence-electron chi connectivity index (χ2n) is 8.38. The summed E-state index contributed by atoms with van der Waals surface area (Å²) in [5.74, 6) is -0.160. The Labute approximate surface area is 164 Å². The molecule has 6 nitrogen and oxygen atoms in total. The second-order valence-corrected chi connectivity index (χ2v) is 8.38. The highest BCUT2D eigenvalue weighted by molar-refractivity contribution is 6.33. The van der Waals surface area contributed by atoms with E-state index in [1.165, 1.54) is 0 Å². The molecule has 2 heterocycles. The molecule has 1 aromatic heterocycles. The Hall–Kier alpha value is -2.44. The van der Waals surface area contributed by atoms with Crippen molar-refractivity contribution >= 4 is 22.7 Å². The van der Waals surface area contributed by atoms with Crippen LogP contribution in [-0.4, -0.2) is 64.3 Å². The van der Waals surface area contributed by atoms with Crippen LogP contribution in [0.2, 0.25) is 0 Å². The van der Waals surface area contributed by atoms with Crippen LogP contribution in [0.5, 0.6) is 0 Å². The van der Waals surface area contributed by atoms with Crippen LogP contribution >= 0.6 is 0 Å². The zero-order valence-corrected chi connectivity index (χ0v) is 16.4. The van der Waals surface area contributed by atoms with Crippen molar-refractivity contribution in [3.8, 4) is 0 Å². The van der Waals surface area contributed by atoms with E-state index in [1.54, 1.807) is 0 Å². The van der Waals surface area contributed by atoms with Crippen LogP contribution < -0.4 is 0 Å². The van der Waals surface area contributed by atoms with E-state index in [9.17, 15) is 14.7 Å². The number of ketones is 2. The Bertz CT molecular complexity index is 993. The molecule has 1 N–H and O–H groups in total. The van der Waals surface area contributed by atoms with Crippen LogP contribution in [0.15, 0.2) is 23.9 Å². The average Bonchev–Trinajstić information content (AvgIpc) is 3.00. The number of carbonyl (C=O) groups is 2. The van der Waals surface area contributed by atoms with E-state index in [4.69, 9.17) is 0 Å². The van der Waals surface area contributed by atoms with Crippen LogP contribution in [0.4, 0.5) is 0 Å². The molecule has 3 aliphatic carbocycles. The smallest absolute Gasteiger partial charge is 0.174 e. The maximum Gasteiger partial charge on any atom is 0.174 e. The van der Waals surface area contributed by atoms with Gasteiger partial charge in [-0.05, 0) is 44.5 Å². The highest BCUT2D eigenvalue weighted by atomic mass is 16.3. The Morgan fingerprint density at radius 2 is 2.00 bits per heavy atom. The van der Waals surface area contributed by atoms with Gasteiger partial charge in [0.15, 0.2) is 11.6 Å². The number of rotatable bonds is 3. The molecule has 1 aromatic rings. The van der Waals surface area contributed by atoms with Gasteiger partial charge in [0.05, 0.1) is 36.0 Å². The summed E-state index contributed by atoms with van der Waals surface area (Å²) in [4.78, 5) is 30.0. The molecule has 0 aromatic carbocycles. The average molecular weight is 379 g/mol. The molecular weight excluding hydrogens is 354 g/mol. The fraction of sp³-hybridized carbons (Fsp3) is 0.455. The number of aliphatic hydroxyl groups excluding tert-OH is 1. The molecule has 4 aliphatic rings. The fourth-order valence-electron chi connectivity index (χ4n) is 4.98. The van der Waals surface area contributed by atoms with E-state index >= 15 is 0 Å². The number of carbonyl (C=O) groups excluding carboxylic acids is 2. The SMILES string of the molecule is CN(C)CCN1C=C2C(=O)CC(=O)c3c4c(n(c32)C1)CCC1=C4CC=CC1O. The van der Waals surface area contributed by atoms with E-state index in [0.29, 0.717) is 17.8 Å². The number of hydrogen-bond donors (Lipinski definition) is 1. The first kappa shape index (κ1) is 17.6. The van der Waals surface area contributed by atoms with Crippen LogP contribution in [0.1, 0.15) is 46.6 Å². The molecule has 5 rings (SSSR count). The maximum absolute atomic E-state index is 12.9. The monoisotopic (exact) mass is 379 g/mol. The lowest BCUT2D eigenvalue weighted by molar-refractivity contribution is -0.113. The highest BCUT2D eigenvalue weighted by Crippen LogP contribution is 2.46. The lowest BCUT2D eigenvalue weighted by atomic mass is 9.78. The third kappa shape index (κ3) is 2.48. The molecule has 0 saturated heterocycles. The summed E-state index contributed by atoms with van der Waals surface area (Å²) in [6.45, 7) is 2.39. The van der Waals surface area contributed by atoms with Crippen molar-refractivity contribution in [3.63, 3.8) is 0 Å². The molecular formula is C22H25N3O3. The Balaban J connectivity index is 1.68. The molecule has 1 unspecified atom stereocenters. The number of nitrogens with zero attached hydrogens (tertiary/aromatic N) is 3. The first-order valence-corrected chi connectivity index (χ1v) is 9.95. The second kappa shape index (κ2) is 6.29. The molecule has 6 heteroatoms. The van der Waals surface area contributed by atoms with Crippen molar-refractivity contribution < 1.29 is 14.7 Å². The van der Waals surface area contributed by atoms with Crippen LogP contribution in [-0.2, 0) is 17.9 Å². The molecule has 0 bridgehead atoms. The topological polar surface area (TPSA) is 65.8 Å². The summed E-state index contributed by atoms with van der Waals surface area (Å²) < 4.78 is 2.19. The number of hydrogen-bond acceptors (Lipinski definition) is 5. The van der Waals surface area contributed by atoms with E-state index < -0.39 is 6.10 Å². The predicted octanol–water partition coefficient (Wildman–Crippen LogP) is 1.84. The first-order valence-electron chi connectivity index (χ1n) is 9.95. The third-order valence-electron chi connectivity index (χ3n) is 6.31. The van der Waals surface area contributed by atoms with E-state index in [2.05, 4.69) is 14.4 Å². The lowest BCUT2D eigenvalue weighted by Crippen LogP contribution is -2.35. The number of allylic oxidation sites excluding steroid dienone is 3. The molecule has 0 spiro atoms. The van der Waals surface area contributed by atoms with Gasteiger partial charge < -0.3 is 19.5 Å². The molecule has 0 amide bonds. The normalized spacial score (nSPS) is 23.1. The number of fused-ring (bicyclic) bond motifs is 4. The Kier molecular flexibility index (Phi) is 3.96. The zero-order chi connectivity index (χ0) is 19.6. The van der Waals surface area contributed by atoms with Crippen molar-refractivity contribution in [2.24, 2.45) is 0 Å². The summed E-state index contributed by atoms with van der Waals surface area (Å²) in [5, 5.41) is 10.4. The third-order valence-corrected chi connectivity index (χ3v) is 6.31. The molecule has 1 aliphatic heterocycles. The van der Waals surface area contributed by atoms with Crippen molar-refractivity contribution in [2.75, 3.05) is 27.2 Å². The number of likely N-dealkylation sites (N-methyl/N-ethyl adjacent to an activating group) is 1. The van der Waals surface area contributed by atoms with Gasteiger partial charge in [-0.15, -0.1) is 0 Å². The maximum atomic E-state index is 12.9. The van der Waals surface area contributed by atoms with Crippen molar-refractivity contribution in [3.05, 3.63) is 46.4 Å². The summed E-state index contributed by atoms with van der Waals surface area (Å²) in [6, 6.07) is 0. The van der Waals surface area contributed by atoms with Crippen molar-refractivity contribution in [1.29, 1.82) is 0 Å². The molecule has 28 heavy (non-hydrogen) atoms. The number of aliphatic hydroxyl groups is 1. The van der Waals surface area contributed by atoms with Crippen LogP contribution in [0.3, 0.4) is 0 Å². The number of aromatic nitrogens is 1. The predicted molar refractivity (Wildman–Crippen MR) is 107 cm³/mol. The summed E-state index contributed by atoms with van der Waals surface area (Å²) >= 11 is 0. The van der Waals surface area contributed by atoms with Gasteiger partial charge in [0.25, 0.3) is 0 Å². The Morgan fingerprint density at radius 1 is 1.18 bits per heavy atom. The van der Waals surface area contributed by atoms with E-state index in [1.807, 2.05) is 32.4 Å². The zero-order valence-electron chi connectivity index (χ0n) is 16.4. The van der Waals surface area contributed by atoms with Gasteiger partial charge in [0.1, 0.15) is 0 Å². The molecule has 0 saturated carbocycles. The molecule has 146 valence electrons. The molecule has 1 atom stereocenters. The minimum Gasteiger partial charge on any atom is -0.385 e. The minimum atomic E-state index is -0.562. The summed E-state index contributed by atoms with van der Waals surface area (Å²) in [7, 11) is 4.08. The first-order chi connectivity index (χ1) is 13.5. The largest absolute Gasteiger partial charge is 0.385 e. The van der Waals surface area contributed by atoms with E-state index in [0.717, 1.165) is 60.4 Å². The van der Waals surface area contributed by atoms with Gasteiger partial charge in [-0.2, -0.15) is 0 Å². The molecule has 0 fully saturated rings. The van der Waals surface area contributed by atoms with Crippen molar-refractivity contribution in [1.82, 2.24) is 14.4 Å². The Morgan fingerprint density at radius 3 is 2.79 bits per heavy atom. The van der Waals surface area contributed by atoms with Gasteiger partial charge in [-0.3, -0.25) is 9.59 Å². The quantitative estimate of drug-likeness (QED) is 0.641. The fourth-order valence-corrected chi connectivity index (χ4v) is 4.98. The lowest BCUT2D eigenvalue weighted by Gasteiger charge is -2.32. The van der Waals surface area contributed by atoms with Gasteiger partial charge >= 0.3 is 0 Å². The molecule has 0 radical (unpaired) electrons. The van der Waals surface area contributed by atoms with Crippen molar-refractivity contribution in [2.45, 2.75) is 38.5 Å².